The third-order valence-corrected chi connectivity index (χ3v) is 5.96. The highest BCUT2D eigenvalue weighted by atomic mass is 16.5. The molecule has 0 radical (unpaired) electrons. The average Bonchev–Trinajstić information content (AvgIpc) is 3.58. The summed E-state index contributed by atoms with van der Waals surface area (Å²) < 4.78 is 12.1. The summed E-state index contributed by atoms with van der Waals surface area (Å²) in [6.07, 6.45) is 1.53. The third-order valence-electron chi connectivity index (χ3n) is 5.96. The van der Waals surface area contributed by atoms with Gasteiger partial charge in [0.15, 0.2) is 5.65 Å². The van der Waals surface area contributed by atoms with Crippen LogP contribution in [0.15, 0.2) is 107 Å². The largest absolute Gasteiger partial charge is 0.497 e. The number of benzene rings is 3. The van der Waals surface area contributed by atoms with E-state index in [-0.39, 0.29) is 5.56 Å². The van der Waals surface area contributed by atoms with Gasteiger partial charge in [-0.1, -0.05) is 78.0 Å². The van der Waals surface area contributed by atoms with Crippen LogP contribution in [-0.4, -0.2) is 26.9 Å². The number of fused-ring (bicyclic) bond motifs is 1. The van der Waals surface area contributed by atoms with Crippen molar-refractivity contribution in [3.8, 4) is 39.3 Å². The van der Waals surface area contributed by atoms with Crippen molar-refractivity contribution >= 4 is 17.3 Å². The molecule has 0 saturated carbocycles. The molecule has 176 valence electrons. The van der Waals surface area contributed by atoms with Crippen molar-refractivity contribution in [2.75, 3.05) is 12.4 Å². The molecule has 6 rings (SSSR count). The first-order valence-electron chi connectivity index (χ1n) is 11.3. The maximum atomic E-state index is 14.0. The second kappa shape index (κ2) is 8.92. The molecule has 2 N–H and O–H groups in total. The third kappa shape index (κ3) is 3.70. The van der Waals surface area contributed by atoms with Crippen LogP contribution in [0.4, 0.5) is 11.7 Å². The van der Waals surface area contributed by atoms with Gasteiger partial charge >= 0.3 is 0 Å². The van der Waals surface area contributed by atoms with Crippen molar-refractivity contribution in [2.24, 2.45) is 0 Å². The topological polar surface area (TPSA) is 97.4 Å². The minimum atomic E-state index is -0.258. The zero-order valence-corrected chi connectivity index (χ0v) is 19.3. The van der Waals surface area contributed by atoms with E-state index in [2.05, 4.69) is 15.6 Å². The van der Waals surface area contributed by atoms with E-state index in [1.807, 2.05) is 72.8 Å². The van der Waals surface area contributed by atoms with E-state index >= 15 is 0 Å². The monoisotopic (exact) mass is 475 g/mol. The molecule has 3 heterocycles. The van der Waals surface area contributed by atoms with E-state index in [4.69, 9.17) is 14.2 Å². The average molecular weight is 476 g/mol. The molecule has 3 aromatic carbocycles. The molecule has 0 fully saturated rings. The van der Waals surface area contributed by atoms with Gasteiger partial charge in [0.1, 0.15) is 11.6 Å². The van der Waals surface area contributed by atoms with Crippen LogP contribution >= 0.6 is 0 Å². The Kier molecular flexibility index (Phi) is 5.31. The van der Waals surface area contributed by atoms with Gasteiger partial charge in [0, 0.05) is 11.6 Å². The fourth-order valence-electron chi connectivity index (χ4n) is 4.27. The van der Waals surface area contributed by atoms with Crippen LogP contribution in [0.2, 0.25) is 0 Å². The van der Waals surface area contributed by atoms with Crippen LogP contribution < -0.4 is 15.6 Å². The van der Waals surface area contributed by atoms with Gasteiger partial charge in [-0.15, -0.1) is 0 Å². The molecule has 6 aromatic rings. The minimum absolute atomic E-state index is 0.258. The van der Waals surface area contributed by atoms with Gasteiger partial charge in [-0.3, -0.25) is 9.89 Å². The maximum Gasteiger partial charge on any atom is 0.282 e. The molecule has 36 heavy (non-hydrogen) atoms. The number of anilines is 2. The van der Waals surface area contributed by atoms with E-state index in [0.29, 0.717) is 34.2 Å². The molecule has 8 heteroatoms. The number of aromatic nitrogens is 4. The number of nitrogens with zero attached hydrogens (tertiary/aromatic N) is 3. The zero-order chi connectivity index (χ0) is 24.5. The summed E-state index contributed by atoms with van der Waals surface area (Å²) in [6.45, 7) is 0. The van der Waals surface area contributed by atoms with Crippen LogP contribution in [0.5, 0.6) is 5.75 Å². The Bertz CT molecular complexity index is 1690. The quantitative estimate of drug-likeness (QED) is 0.318. The van der Waals surface area contributed by atoms with Crippen molar-refractivity contribution in [3.63, 3.8) is 0 Å². The van der Waals surface area contributed by atoms with Crippen molar-refractivity contribution in [1.82, 2.24) is 19.8 Å². The number of ether oxygens (including phenoxy) is 1. The van der Waals surface area contributed by atoms with Crippen LogP contribution in [-0.2, 0) is 0 Å². The smallest absolute Gasteiger partial charge is 0.282 e. The molecular weight excluding hydrogens is 454 g/mol. The summed E-state index contributed by atoms with van der Waals surface area (Å²) in [4.78, 5) is 19.0. The maximum absolute atomic E-state index is 14.0. The van der Waals surface area contributed by atoms with Crippen LogP contribution in [0.25, 0.3) is 39.2 Å². The molecule has 0 unspecified atom stereocenters. The van der Waals surface area contributed by atoms with Gasteiger partial charge in [-0.25, -0.2) is 4.98 Å². The Labute approximate surface area is 205 Å². The molecule has 0 amide bonds. The summed E-state index contributed by atoms with van der Waals surface area (Å²) in [5.41, 5.74) is 4.79. The fourth-order valence-corrected chi connectivity index (χ4v) is 4.27. The number of H-pyrrole nitrogens is 1. The fraction of sp³-hybridized carbons (Fsp3) is 0.0357. The Hall–Kier alpha value is -5.11. The SMILES string of the molecule is COc1ccc(-c2c(Nc3ccno3)nc3c(-c4ccccc4)c(-c4ccccc4)[nH]n3c2=O)cc1. The summed E-state index contributed by atoms with van der Waals surface area (Å²) in [6, 6.07) is 28.7. The molecule has 0 bridgehead atoms. The van der Waals surface area contributed by atoms with Gasteiger partial charge in [0.2, 0.25) is 5.88 Å². The van der Waals surface area contributed by atoms with Gasteiger partial charge in [0.05, 0.1) is 30.1 Å². The predicted octanol–water partition coefficient (Wildman–Crippen LogP) is 5.76. The lowest BCUT2D eigenvalue weighted by Crippen LogP contribution is -2.19. The molecule has 0 saturated heterocycles. The Morgan fingerprint density at radius 1 is 0.833 bits per heavy atom. The van der Waals surface area contributed by atoms with Crippen LogP contribution in [0.1, 0.15) is 0 Å². The molecular formula is C28H21N5O3. The van der Waals surface area contributed by atoms with Crippen molar-refractivity contribution < 1.29 is 9.26 Å². The minimum Gasteiger partial charge on any atom is -0.497 e. The Morgan fingerprint density at radius 2 is 1.50 bits per heavy atom. The standard InChI is InChI=1S/C28H21N5O3/c1-35-21-14-12-19(13-15-21)24-26(30-22-16-17-29-36-22)31-27-23(18-8-4-2-5-9-18)25(32-33(27)28(24)34)20-10-6-3-7-11-20/h2-17,30,32H,1H3. The lowest BCUT2D eigenvalue weighted by Gasteiger charge is -2.11. The predicted molar refractivity (Wildman–Crippen MR) is 138 cm³/mol. The number of hydrogen-bond acceptors (Lipinski definition) is 6. The zero-order valence-electron chi connectivity index (χ0n) is 19.3. The number of nitrogens with one attached hydrogen (secondary N) is 2. The lowest BCUT2D eigenvalue weighted by molar-refractivity contribution is 0.415. The van der Waals surface area contributed by atoms with Crippen molar-refractivity contribution in [3.05, 3.63) is 108 Å². The number of rotatable bonds is 6. The molecule has 0 aliphatic carbocycles. The number of aromatic amines is 1. The van der Waals surface area contributed by atoms with Gasteiger partial charge in [-0.2, -0.15) is 4.52 Å². The first-order chi connectivity index (χ1) is 17.7. The lowest BCUT2D eigenvalue weighted by atomic mass is 10.0. The Balaban J connectivity index is 1.67. The first-order valence-corrected chi connectivity index (χ1v) is 11.3. The number of hydrogen-bond donors (Lipinski definition) is 2. The van der Waals surface area contributed by atoms with E-state index in [1.165, 1.54) is 10.7 Å². The summed E-state index contributed by atoms with van der Waals surface area (Å²) >= 11 is 0. The van der Waals surface area contributed by atoms with Crippen LogP contribution in [0.3, 0.4) is 0 Å². The van der Waals surface area contributed by atoms with Crippen molar-refractivity contribution in [1.29, 1.82) is 0 Å². The molecule has 3 aromatic heterocycles. The first kappa shape index (κ1) is 21.4. The highest BCUT2D eigenvalue weighted by molar-refractivity contribution is 5.92. The molecule has 0 spiro atoms. The molecule has 8 nitrogen and oxygen atoms in total. The summed E-state index contributed by atoms with van der Waals surface area (Å²) in [5, 5.41) is 10.2. The summed E-state index contributed by atoms with van der Waals surface area (Å²) in [5.74, 6) is 1.43. The number of methoxy groups -OCH3 is 1. The molecule has 0 aliphatic rings. The van der Waals surface area contributed by atoms with E-state index in [0.717, 1.165) is 22.4 Å². The van der Waals surface area contributed by atoms with E-state index in [1.54, 1.807) is 25.3 Å². The Morgan fingerprint density at radius 3 is 2.14 bits per heavy atom. The second-order valence-electron chi connectivity index (χ2n) is 8.12. The second-order valence-corrected chi connectivity index (χ2v) is 8.12. The van der Waals surface area contributed by atoms with E-state index < -0.39 is 0 Å². The van der Waals surface area contributed by atoms with Crippen molar-refractivity contribution in [2.45, 2.75) is 0 Å². The molecule has 0 aliphatic heterocycles. The van der Waals surface area contributed by atoms with Gasteiger partial charge < -0.3 is 14.6 Å². The normalized spacial score (nSPS) is 11.0. The van der Waals surface area contributed by atoms with E-state index in [9.17, 15) is 4.79 Å². The van der Waals surface area contributed by atoms with Crippen LogP contribution in [0, 0.1) is 0 Å². The highest BCUT2D eigenvalue weighted by Gasteiger charge is 2.23. The molecule has 0 atom stereocenters. The van der Waals surface area contributed by atoms with Gasteiger partial charge in [-0.05, 0) is 23.3 Å². The van der Waals surface area contributed by atoms with Gasteiger partial charge in [0.25, 0.3) is 5.56 Å². The highest BCUT2D eigenvalue weighted by Crippen LogP contribution is 2.36. The summed E-state index contributed by atoms with van der Waals surface area (Å²) in [7, 11) is 1.60.